The number of para-hydroxylation sites is 1. The van der Waals surface area contributed by atoms with Gasteiger partial charge >= 0.3 is 5.97 Å². The Morgan fingerprint density at radius 1 is 1.08 bits per heavy atom. The van der Waals surface area contributed by atoms with Crippen molar-refractivity contribution in [1.29, 1.82) is 0 Å². The second-order valence-electron chi connectivity index (χ2n) is 9.88. The van der Waals surface area contributed by atoms with Gasteiger partial charge in [0.15, 0.2) is 6.10 Å². The van der Waals surface area contributed by atoms with Crippen LogP contribution in [0.5, 0.6) is 5.75 Å². The van der Waals surface area contributed by atoms with Crippen LogP contribution in [-0.2, 0) is 30.3 Å². The molecule has 0 radical (unpaired) electrons. The Kier molecular flexibility index (Phi) is 8.77. The third-order valence-electron chi connectivity index (χ3n) is 6.98. The number of aromatic hydroxyl groups is 1. The van der Waals surface area contributed by atoms with E-state index in [1.165, 1.54) is 26.0 Å². The highest BCUT2D eigenvalue weighted by Crippen LogP contribution is 2.23. The molecule has 2 aromatic rings. The van der Waals surface area contributed by atoms with E-state index in [9.17, 15) is 29.4 Å². The van der Waals surface area contributed by atoms with Crippen LogP contribution < -0.4 is 16.0 Å². The highest BCUT2D eigenvalue weighted by atomic mass is 16.6. The van der Waals surface area contributed by atoms with Crippen LogP contribution >= 0.6 is 0 Å². The summed E-state index contributed by atoms with van der Waals surface area (Å²) >= 11 is 0. The van der Waals surface area contributed by atoms with Crippen LogP contribution in [0.4, 0.5) is 0 Å². The Morgan fingerprint density at radius 3 is 2.46 bits per heavy atom. The van der Waals surface area contributed by atoms with E-state index in [1.807, 2.05) is 0 Å². The number of aliphatic hydroxyl groups is 1. The van der Waals surface area contributed by atoms with Crippen molar-refractivity contribution in [3.8, 4) is 5.75 Å². The smallest absolute Gasteiger partial charge is 0.312 e. The molecular formula is C27H32N4O8. The fraction of sp³-hybridized carbons (Fsp3) is 0.444. The predicted octanol–water partition coefficient (Wildman–Crippen LogP) is -0.313. The van der Waals surface area contributed by atoms with Gasteiger partial charge in [-0.05, 0) is 44.0 Å². The van der Waals surface area contributed by atoms with Crippen LogP contribution in [0.25, 0.3) is 0 Å². The Morgan fingerprint density at radius 2 is 1.82 bits per heavy atom. The summed E-state index contributed by atoms with van der Waals surface area (Å²) in [6, 6.07) is 6.05. The third-order valence-corrected chi connectivity index (χ3v) is 6.98. The number of phenolic OH excluding ortho intramolecular Hbond substituents is 1. The first-order chi connectivity index (χ1) is 18.7. The number of amides is 3. The van der Waals surface area contributed by atoms with Gasteiger partial charge in [-0.1, -0.05) is 18.2 Å². The van der Waals surface area contributed by atoms with Gasteiger partial charge in [-0.3, -0.25) is 24.2 Å². The molecule has 12 heteroatoms. The number of aliphatic hydroxyl groups excluding tert-OH is 1. The molecule has 3 heterocycles. The first kappa shape index (κ1) is 28.0. The normalized spacial score (nSPS) is 28.5. The number of phenols is 1. The molecule has 2 aliphatic rings. The van der Waals surface area contributed by atoms with Gasteiger partial charge in [0.05, 0.1) is 48.8 Å². The minimum atomic E-state index is -1.40. The Labute approximate surface area is 225 Å². The maximum absolute atomic E-state index is 13.6. The molecule has 4 rings (SSSR count). The zero-order chi connectivity index (χ0) is 28.1. The summed E-state index contributed by atoms with van der Waals surface area (Å²) in [6.45, 7) is 3.38. The van der Waals surface area contributed by atoms with E-state index in [4.69, 9.17) is 9.47 Å². The summed E-state index contributed by atoms with van der Waals surface area (Å²) < 4.78 is 10.7. The maximum Gasteiger partial charge on any atom is 0.312 e. The molecule has 39 heavy (non-hydrogen) atoms. The lowest BCUT2D eigenvalue weighted by Gasteiger charge is -2.36. The number of ether oxygens (including phenoxy) is 2. The van der Waals surface area contributed by atoms with Gasteiger partial charge in [0.25, 0.3) is 11.8 Å². The average molecular weight is 541 g/mol. The molecule has 12 nitrogen and oxygen atoms in total. The maximum atomic E-state index is 13.6. The van der Waals surface area contributed by atoms with E-state index in [0.29, 0.717) is 5.56 Å². The van der Waals surface area contributed by atoms with Crippen molar-refractivity contribution in [2.75, 3.05) is 13.2 Å². The molecule has 2 aliphatic heterocycles. The fourth-order valence-corrected chi connectivity index (χ4v) is 4.51. The molecule has 1 aromatic carbocycles. The van der Waals surface area contributed by atoms with E-state index < -0.39 is 65.9 Å². The van der Waals surface area contributed by atoms with Gasteiger partial charge < -0.3 is 35.6 Å². The molecule has 2 saturated heterocycles. The molecule has 3 amide bonds. The fourth-order valence-electron chi connectivity index (χ4n) is 4.51. The second-order valence-corrected chi connectivity index (χ2v) is 9.88. The lowest BCUT2D eigenvalue weighted by Crippen LogP contribution is -2.63. The summed E-state index contributed by atoms with van der Waals surface area (Å²) in [4.78, 5) is 56.9. The highest BCUT2D eigenvalue weighted by Gasteiger charge is 2.42. The number of cyclic esters (lactones) is 1. The van der Waals surface area contributed by atoms with Crippen molar-refractivity contribution >= 4 is 23.7 Å². The Hall–Kier alpha value is -4.03. The predicted molar refractivity (Wildman–Crippen MR) is 136 cm³/mol. The highest BCUT2D eigenvalue weighted by molar-refractivity contribution is 6.00. The van der Waals surface area contributed by atoms with Gasteiger partial charge in [0.2, 0.25) is 5.91 Å². The first-order valence-corrected chi connectivity index (χ1v) is 12.7. The Bertz CT molecular complexity index is 1210. The summed E-state index contributed by atoms with van der Waals surface area (Å²) in [5.41, 5.74) is 0.629. The summed E-state index contributed by atoms with van der Waals surface area (Å²) in [5.74, 6) is -4.68. The zero-order valence-electron chi connectivity index (χ0n) is 21.6. The number of carbonyl (C=O) groups is 4. The molecule has 1 aromatic heterocycles. The van der Waals surface area contributed by atoms with Gasteiger partial charge in [0.1, 0.15) is 11.8 Å². The number of pyridine rings is 1. The largest absolute Gasteiger partial charge is 0.507 e. The molecule has 6 atom stereocenters. The molecule has 6 unspecified atom stereocenters. The number of nitrogens with one attached hydrogen (secondary N) is 3. The van der Waals surface area contributed by atoms with Crippen molar-refractivity contribution in [3.63, 3.8) is 0 Å². The zero-order valence-corrected chi connectivity index (χ0v) is 21.6. The molecule has 0 bridgehead atoms. The van der Waals surface area contributed by atoms with Crippen LogP contribution in [0.1, 0.15) is 29.8 Å². The number of hydrogen-bond donors (Lipinski definition) is 5. The van der Waals surface area contributed by atoms with Crippen molar-refractivity contribution < 1.29 is 38.9 Å². The monoisotopic (exact) mass is 540 g/mol. The average Bonchev–Trinajstić information content (AvgIpc) is 2.89. The molecule has 208 valence electrons. The number of aromatic nitrogens is 1. The molecule has 0 saturated carbocycles. The minimum absolute atomic E-state index is 0.0612. The van der Waals surface area contributed by atoms with Gasteiger partial charge in [-0.2, -0.15) is 0 Å². The molecule has 0 spiro atoms. The quantitative estimate of drug-likeness (QED) is 0.318. The van der Waals surface area contributed by atoms with Gasteiger partial charge in [-0.25, -0.2) is 0 Å². The van der Waals surface area contributed by atoms with E-state index in [2.05, 4.69) is 20.9 Å². The van der Waals surface area contributed by atoms with Crippen LogP contribution in [-0.4, -0.2) is 82.4 Å². The summed E-state index contributed by atoms with van der Waals surface area (Å²) in [6.07, 6.45) is 0.673. The second kappa shape index (κ2) is 12.2. The minimum Gasteiger partial charge on any atom is -0.507 e. The van der Waals surface area contributed by atoms with E-state index in [-0.39, 0.29) is 30.9 Å². The summed E-state index contributed by atoms with van der Waals surface area (Å²) in [7, 11) is 0. The number of hydrogen-bond acceptors (Lipinski definition) is 9. The summed E-state index contributed by atoms with van der Waals surface area (Å²) in [5, 5.41) is 29.3. The molecular weight excluding hydrogens is 508 g/mol. The molecule has 5 N–H and O–H groups in total. The van der Waals surface area contributed by atoms with Gasteiger partial charge in [-0.15, -0.1) is 0 Å². The molecule has 0 aliphatic carbocycles. The van der Waals surface area contributed by atoms with Crippen LogP contribution in [0.15, 0.2) is 48.8 Å². The number of rotatable bonds is 5. The number of esters is 1. The van der Waals surface area contributed by atoms with E-state index in [0.717, 1.165) is 0 Å². The van der Waals surface area contributed by atoms with Crippen LogP contribution in [0.3, 0.4) is 0 Å². The van der Waals surface area contributed by atoms with Crippen LogP contribution in [0.2, 0.25) is 0 Å². The van der Waals surface area contributed by atoms with Crippen molar-refractivity contribution in [2.45, 2.75) is 50.6 Å². The van der Waals surface area contributed by atoms with E-state index in [1.54, 1.807) is 36.7 Å². The van der Waals surface area contributed by atoms with Crippen molar-refractivity contribution in [3.05, 3.63) is 59.9 Å². The SMILES string of the molecule is CC1NC(=O)C(C2COC2)OC(=O)C(C)C(O)C(Cc2cccnc2)NC(=O)C1NC(=O)c1ccccc1O. The van der Waals surface area contributed by atoms with Crippen LogP contribution in [0, 0.1) is 11.8 Å². The van der Waals surface area contributed by atoms with E-state index >= 15 is 0 Å². The lowest BCUT2D eigenvalue weighted by molar-refractivity contribution is -0.178. The van der Waals surface area contributed by atoms with Gasteiger partial charge in [0, 0.05) is 12.4 Å². The standard InChI is InChI=1S/C27H32N4O8/c1-14-22(33)19(10-16-6-5-9-28-11-16)30-25(35)21(31-24(34)18-7-3-4-8-20(18)32)15(2)29-26(36)23(39-27(14)37)17-12-38-13-17/h3-9,11,14-15,17,19,21-23,32-33H,10,12-13H2,1-2H3,(H,29,36)(H,30,35)(H,31,34). The Balaban J connectivity index is 1.67. The van der Waals surface area contributed by atoms with Crippen molar-refractivity contribution in [2.24, 2.45) is 11.8 Å². The van der Waals surface area contributed by atoms with Crippen molar-refractivity contribution in [1.82, 2.24) is 20.9 Å². The number of carbonyl (C=O) groups excluding carboxylic acids is 4. The number of nitrogens with zero attached hydrogens (tertiary/aromatic N) is 1. The third kappa shape index (κ3) is 6.52. The lowest BCUT2D eigenvalue weighted by atomic mass is 9.92. The number of benzene rings is 1. The first-order valence-electron chi connectivity index (χ1n) is 12.7. The topological polar surface area (TPSA) is 176 Å². The molecule has 2 fully saturated rings.